The molecule has 0 bridgehead atoms. The van der Waals surface area contributed by atoms with Crippen LogP contribution in [0.15, 0.2) is 59.5 Å². The Morgan fingerprint density at radius 3 is 2.38 bits per heavy atom. The van der Waals surface area contributed by atoms with Crippen molar-refractivity contribution in [3.63, 3.8) is 0 Å². The fourth-order valence-corrected chi connectivity index (χ4v) is 4.04. The lowest BCUT2D eigenvalue weighted by molar-refractivity contribution is 0.111. The van der Waals surface area contributed by atoms with Gasteiger partial charge < -0.3 is 0 Å². The maximum absolute atomic E-state index is 12.8. The summed E-state index contributed by atoms with van der Waals surface area (Å²) >= 11 is 0. The van der Waals surface area contributed by atoms with Crippen molar-refractivity contribution in [2.24, 2.45) is 0 Å². The van der Waals surface area contributed by atoms with Crippen LogP contribution in [-0.2, 0) is 10.0 Å². The highest BCUT2D eigenvalue weighted by Gasteiger charge is 2.23. The maximum Gasteiger partial charge on any atom is 0.268 e. The molecule has 0 unspecified atom stereocenters. The summed E-state index contributed by atoms with van der Waals surface area (Å²) in [5.41, 5.74) is 1.48. The number of hydrogen-bond donors (Lipinski definition) is 0. The third-order valence-electron chi connectivity index (χ3n) is 3.41. The van der Waals surface area contributed by atoms with Gasteiger partial charge in [-0.1, -0.05) is 36.4 Å². The highest BCUT2D eigenvalue weighted by atomic mass is 32.2. The van der Waals surface area contributed by atoms with Crippen LogP contribution in [0.2, 0.25) is 0 Å². The highest BCUT2D eigenvalue weighted by Crippen LogP contribution is 2.27. The Hall–Kier alpha value is -2.40. The van der Waals surface area contributed by atoms with Crippen molar-refractivity contribution in [1.29, 1.82) is 0 Å². The van der Waals surface area contributed by atoms with E-state index in [0.29, 0.717) is 11.8 Å². The van der Waals surface area contributed by atoms with E-state index in [1.807, 2.05) is 19.1 Å². The van der Waals surface area contributed by atoms with Crippen LogP contribution in [0, 0.1) is 6.92 Å². The molecule has 3 aromatic rings. The first-order valence-electron chi connectivity index (χ1n) is 6.42. The molecular weight excluding hydrogens is 286 g/mol. The number of carbonyl (C=O) groups excluding carboxylic acids is 1. The van der Waals surface area contributed by atoms with E-state index in [1.165, 1.54) is 12.1 Å². The lowest BCUT2D eigenvalue weighted by Gasteiger charge is -2.10. The zero-order valence-corrected chi connectivity index (χ0v) is 12.2. The Morgan fingerprint density at radius 1 is 1.00 bits per heavy atom. The Balaban J connectivity index is 2.42. The smallest absolute Gasteiger partial charge is 0.268 e. The summed E-state index contributed by atoms with van der Waals surface area (Å²) < 4.78 is 26.8. The largest absolute Gasteiger partial charge is 0.296 e. The molecule has 0 aliphatic heterocycles. The van der Waals surface area contributed by atoms with Crippen molar-refractivity contribution in [3.8, 4) is 0 Å². The van der Waals surface area contributed by atoms with Crippen LogP contribution in [0.1, 0.15) is 16.1 Å². The number of nitrogens with zero attached hydrogens (tertiary/aromatic N) is 1. The minimum atomic E-state index is -3.80. The van der Waals surface area contributed by atoms with Gasteiger partial charge in [0.2, 0.25) is 0 Å². The van der Waals surface area contributed by atoms with Gasteiger partial charge in [-0.25, -0.2) is 12.4 Å². The van der Waals surface area contributed by atoms with E-state index in [4.69, 9.17) is 0 Å². The van der Waals surface area contributed by atoms with Crippen LogP contribution in [0.25, 0.3) is 10.9 Å². The van der Waals surface area contributed by atoms with E-state index in [-0.39, 0.29) is 10.6 Å². The summed E-state index contributed by atoms with van der Waals surface area (Å²) in [5.74, 6) is 0. The third-order valence-corrected chi connectivity index (χ3v) is 5.15. The number of rotatable bonds is 3. The molecule has 1 heterocycles. The lowest BCUT2D eigenvalue weighted by atomic mass is 10.2. The maximum atomic E-state index is 12.8. The van der Waals surface area contributed by atoms with Crippen LogP contribution < -0.4 is 0 Å². The molecule has 0 N–H and O–H groups in total. The van der Waals surface area contributed by atoms with Gasteiger partial charge in [-0.3, -0.25) is 4.79 Å². The van der Waals surface area contributed by atoms with Gasteiger partial charge in [0, 0.05) is 5.39 Å². The molecule has 0 saturated heterocycles. The van der Waals surface area contributed by atoms with Crippen molar-refractivity contribution in [2.75, 3.05) is 0 Å². The second-order valence-corrected chi connectivity index (χ2v) is 6.57. The summed E-state index contributed by atoms with van der Waals surface area (Å²) in [4.78, 5) is 11.5. The fraction of sp³-hybridized carbons (Fsp3) is 0.0625. The Labute approximate surface area is 122 Å². The van der Waals surface area contributed by atoms with Crippen LogP contribution >= 0.6 is 0 Å². The Bertz CT molecular complexity index is 925. The fourth-order valence-electron chi connectivity index (χ4n) is 2.46. The van der Waals surface area contributed by atoms with Crippen molar-refractivity contribution < 1.29 is 13.2 Å². The minimum absolute atomic E-state index is 0.128. The second kappa shape index (κ2) is 4.86. The number of para-hydroxylation sites is 1. The quantitative estimate of drug-likeness (QED) is 0.699. The molecule has 0 atom stereocenters. The van der Waals surface area contributed by atoms with Gasteiger partial charge in [-0.05, 0) is 30.7 Å². The number of benzene rings is 2. The second-order valence-electron chi connectivity index (χ2n) is 4.78. The predicted octanol–water partition coefficient (Wildman–Crippen LogP) is 3.00. The van der Waals surface area contributed by atoms with E-state index >= 15 is 0 Å². The summed E-state index contributed by atoms with van der Waals surface area (Å²) in [7, 11) is -3.80. The average molecular weight is 299 g/mol. The molecule has 2 aromatic carbocycles. The SMILES string of the molecule is Cc1cccc2cc(C=O)n(S(=O)(=O)c3ccccc3)c12. The van der Waals surface area contributed by atoms with Crippen LogP contribution in [0.4, 0.5) is 0 Å². The summed E-state index contributed by atoms with van der Waals surface area (Å²) in [5, 5.41) is 0.733. The number of aryl methyl sites for hydroxylation is 1. The van der Waals surface area contributed by atoms with E-state index in [9.17, 15) is 13.2 Å². The van der Waals surface area contributed by atoms with E-state index in [1.54, 1.807) is 30.3 Å². The predicted molar refractivity (Wildman–Crippen MR) is 81.1 cm³/mol. The van der Waals surface area contributed by atoms with Crippen LogP contribution in [-0.4, -0.2) is 18.7 Å². The number of aromatic nitrogens is 1. The molecule has 0 fully saturated rings. The van der Waals surface area contributed by atoms with Crippen molar-refractivity contribution in [2.45, 2.75) is 11.8 Å². The van der Waals surface area contributed by atoms with Crippen molar-refractivity contribution in [1.82, 2.24) is 3.97 Å². The molecular formula is C16H13NO3S. The summed E-state index contributed by atoms with van der Waals surface area (Å²) in [6, 6.07) is 15.2. The molecule has 5 heteroatoms. The average Bonchev–Trinajstić information content (AvgIpc) is 2.89. The summed E-state index contributed by atoms with van der Waals surface area (Å²) in [6.07, 6.45) is 0.569. The Morgan fingerprint density at radius 2 is 1.71 bits per heavy atom. The normalized spacial score (nSPS) is 11.7. The number of carbonyl (C=O) groups is 1. The molecule has 0 spiro atoms. The topological polar surface area (TPSA) is 56.1 Å². The molecule has 3 rings (SSSR count). The van der Waals surface area contributed by atoms with Crippen LogP contribution in [0.5, 0.6) is 0 Å². The van der Waals surface area contributed by atoms with Gasteiger partial charge >= 0.3 is 0 Å². The highest BCUT2D eigenvalue weighted by molar-refractivity contribution is 7.90. The standard InChI is InChI=1S/C16H13NO3S/c1-12-6-5-7-13-10-14(11-18)17(16(12)13)21(19,20)15-8-3-2-4-9-15/h2-11H,1H3. The van der Waals surface area contributed by atoms with Gasteiger partial charge in [0.25, 0.3) is 10.0 Å². The van der Waals surface area contributed by atoms with E-state index < -0.39 is 10.0 Å². The number of aldehydes is 1. The van der Waals surface area contributed by atoms with Gasteiger partial charge in [-0.2, -0.15) is 0 Å². The van der Waals surface area contributed by atoms with Gasteiger partial charge in [0.05, 0.1) is 16.1 Å². The third kappa shape index (κ3) is 2.06. The minimum Gasteiger partial charge on any atom is -0.296 e. The molecule has 0 amide bonds. The lowest BCUT2D eigenvalue weighted by Crippen LogP contribution is -2.15. The van der Waals surface area contributed by atoms with E-state index in [2.05, 4.69) is 0 Å². The monoisotopic (exact) mass is 299 g/mol. The molecule has 0 saturated carbocycles. The summed E-state index contributed by atoms with van der Waals surface area (Å²) in [6.45, 7) is 1.83. The van der Waals surface area contributed by atoms with Crippen molar-refractivity contribution >= 4 is 27.2 Å². The van der Waals surface area contributed by atoms with Gasteiger partial charge in [0.15, 0.2) is 6.29 Å². The molecule has 0 radical (unpaired) electrons. The molecule has 1 aromatic heterocycles. The number of hydrogen-bond acceptors (Lipinski definition) is 3. The molecule has 0 aliphatic carbocycles. The molecule has 4 nitrogen and oxygen atoms in total. The first kappa shape index (κ1) is 13.6. The molecule has 0 aliphatic rings. The van der Waals surface area contributed by atoms with E-state index in [0.717, 1.165) is 14.9 Å². The first-order valence-corrected chi connectivity index (χ1v) is 7.86. The molecule has 106 valence electrons. The molecule has 21 heavy (non-hydrogen) atoms. The van der Waals surface area contributed by atoms with Gasteiger partial charge in [-0.15, -0.1) is 0 Å². The van der Waals surface area contributed by atoms with Gasteiger partial charge in [0.1, 0.15) is 0 Å². The van der Waals surface area contributed by atoms with Crippen molar-refractivity contribution in [3.05, 3.63) is 65.9 Å². The van der Waals surface area contributed by atoms with Crippen LogP contribution in [0.3, 0.4) is 0 Å². The first-order chi connectivity index (χ1) is 10.1. The Kier molecular flexibility index (Phi) is 3.14. The zero-order valence-electron chi connectivity index (χ0n) is 11.4. The zero-order chi connectivity index (χ0) is 15.0. The number of fused-ring (bicyclic) bond motifs is 1.